The predicted octanol–water partition coefficient (Wildman–Crippen LogP) is 22.9. The molecule has 1 aliphatic heterocycles. The van der Waals surface area contributed by atoms with E-state index in [1.165, 1.54) is 21.3 Å². The molecule has 17 aromatic rings. The molecule has 8 heteroatoms. The Bertz CT molecular complexity index is 7770. The minimum Gasteiger partial charge on any atom is -0.519 e. The molecule has 0 spiro atoms. The molecule has 14 aromatic carbocycles. The monoisotopic (exact) mass is 1620 g/mol. The molecule has 0 fully saturated rings. The maximum Gasteiger partial charge on any atom is 0.268 e. The molecule has 0 N–H and O–H groups in total. The molecule has 108 heavy (non-hydrogen) atoms. The molecule has 4 heterocycles. The fourth-order valence-electron chi connectivity index (χ4n) is 14.8. The van der Waals surface area contributed by atoms with E-state index in [1.54, 1.807) is 57.2 Å². The van der Waals surface area contributed by atoms with Gasteiger partial charge in [-0.15, -0.1) is 29.3 Å². The van der Waals surface area contributed by atoms with Crippen molar-refractivity contribution in [2.24, 2.45) is 0 Å². The molecule has 0 unspecified atom stereocenters. The van der Waals surface area contributed by atoms with E-state index in [-0.39, 0.29) is 94.6 Å². The van der Waals surface area contributed by atoms with E-state index in [0.29, 0.717) is 33.3 Å². The SMILES string of the molecule is [2H]c1c([2H])c([2H])c([Si](c2c([2H])c([2H])c([2H])c([2H])c2[2H])(c2c([2H])c([2H])c([2H])c([2H])c2[2H])c2c([2H])c([2H])c([2H])c(-c3cc(C(C)(C)C)cc4c3-[n+]3[c-]n(-c5[c-]c(Oc6[c-]c(-c7nc8ccccc8n7-c7c(C(C)C)cc(-c8ccccc8)cc7C(C)C)cc(C(C)(C)C)c6)cc6c5oc5ccccc56)c5cccc(c53)-c3c([2H])c([2H])c([2H])c([2H])c3-c3c([2H])c([2H])c([2H])c([2H])c3-4)c2[2H])c([2H])c1[2H].[Pt]. The Labute approximate surface area is 686 Å². The molecular weight excluding hydrogens is 1510 g/mol. The standard InChI is InChI=1S/C100H82N4O2Si.Pt/c1-64(2)84-56-68(66-33-15-11-16-34-66)57-85(65(3)4)95(84)104-90-50-29-28-49-89(90)101-98(104)69-53-70(99(5,6)7)58-72(54-69)105-73-61-88-82-47-27-30-52-93(82)106-97(88)92(62-73)102-63-103-94-86(67-35-31-42-77(55-67)107(74-36-17-12-18-37-74,75-38-19-13-20-39-75)76-40-21-14-22-41-76)59-71(100(8,9)10)60-87(94)81-46-26-24-44-79(81)78-43-23-25-45-80(78)83-48-32-51-91(102)96(83)103;/h11-53,55-61,64-65H,1-10H3;/q-2;/i12D,13D,14D,17D,18D,19D,20D,21D,22D,23D,24D,25D,26D,31D,35D,36D,37D,38D,39D,40D,41D,42D,43D,44D,45D,46D,55D;. The van der Waals surface area contributed by atoms with Crippen molar-refractivity contribution >= 4 is 72.8 Å². The molecule has 0 radical (unpaired) electrons. The fourth-order valence-corrected chi connectivity index (χ4v) is 18.3. The maximum atomic E-state index is 11.4. The van der Waals surface area contributed by atoms with Crippen LogP contribution in [0.3, 0.4) is 0 Å². The summed E-state index contributed by atoms with van der Waals surface area (Å²) < 4.78 is 285. The van der Waals surface area contributed by atoms with Gasteiger partial charge in [0.05, 0.1) is 70.6 Å². The van der Waals surface area contributed by atoms with Gasteiger partial charge in [-0.3, -0.25) is 9.55 Å². The second-order valence-electron chi connectivity index (χ2n) is 29.4. The quantitative estimate of drug-likeness (QED) is 0.0500. The summed E-state index contributed by atoms with van der Waals surface area (Å²) in [6, 6.07) is 21.5. The third kappa shape index (κ3) is 11.8. The van der Waals surface area contributed by atoms with Gasteiger partial charge in [0.25, 0.3) is 6.33 Å². The smallest absolute Gasteiger partial charge is 0.268 e. The Kier molecular flexibility index (Phi) is 11.5. The van der Waals surface area contributed by atoms with Gasteiger partial charge in [0.1, 0.15) is 5.58 Å². The van der Waals surface area contributed by atoms with Crippen molar-refractivity contribution in [3.63, 3.8) is 0 Å². The van der Waals surface area contributed by atoms with E-state index in [2.05, 4.69) is 102 Å². The molecule has 3 aromatic heterocycles. The first-order valence-corrected chi connectivity index (χ1v) is 37.3. The van der Waals surface area contributed by atoms with Crippen LogP contribution >= 0.6 is 0 Å². The third-order valence-corrected chi connectivity index (χ3v) is 24.0. The van der Waals surface area contributed by atoms with Gasteiger partial charge in [-0.1, -0.05) is 341 Å². The molecule has 6 nitrogen and oxygen atoms in total. The zero-order chi connectivity index (χ0) is 96.5. The number of aromatic nitrogens is 4. The average Bonchev–Trinajstić information content (AvgIpc) is 1.03. The summed E-state index contributed by atoms with van der Waals surface area (Å²) in [5.41, 5.74) is 3.43. The number of hydrogen-bond acceptors (Lipinski definition) is 3. The summed E-state index contributed by atoms with van der Waals surface area (Å²) in [6.07, 6.45) is 3.55. The molecule has 0 saturated carbocycles. The number of ether oxygens (including phenoxy) is 1. The molecule has 0 amide bonds. The summed E-state index contributed by atoms with van der Waals surface area (Å²) >= 11 is 0. The summed E-state index contributed by atoms with van der Waals surface area (Å²) in [4.78, 5) is 5.47. The molecule has 0 bridgehead atoms. The van der Waals surface area contributed by atoms with Crippen LogP contribution in [-0.2, 0) is 31.9 Å². The predicted molar refractivity (Wildman–Crippen MR) is 445 cm³/mol. The Morgan fingerprint density at radius 2 is 1.01 bits per heavy atom. The van der Waals surface area contributed by atoms with E-state index in [9.17, 15) is 32.9 Å². The van der Waals surface area contributed by atoms with Crippen molar-refractivity contribution < 1.29 is 71.8 Å². The van der Waals surface area contributed by atoms with Gasteiger partial charge in [0.15, 0.2) is 8.07 Å². The van der Waals surface area contributed by atoms with Gasteiger partial charge < -0.3 is 18.3 Å². The summed E-state index contributed by atoms with van der Waals surface area (Å²) in [6.45, 7) is 20.1. The zero-order valence-electron chi connectivity index (χ0n) is 87.4. The van der Waals surface area contributed by atoms with Crippen LogP contribution in [0.25, 0.3) is 128 Å². The van der Waals surface area contributed by atoms with Gasteiger partial charge in [-0.2, -0.15) is 0 Å². The first kappa shape index (κ1) is 45.2. The number of para-hydroxylation sites is 4. The third-order valence-electron chi connectivity index (χ3n) is 20.0. The summed E-state index contributed by atoms with van der Waals surface area (Å²) in [5, 5.41) is -3.43. The summed E-state index contributed by atoms with van der Waals surface area (Å²) in [7, 11) is -6.60. The van der Waals surface area contributed by atoms with Crippen LogP contribution in [-0.4, -0.2) is 22.2 Å². The van der Waals surface area contributed by atoms with Crippen molar-refractivity contribution in [2.45, 2.75) is 91.9 Å². The van der Waals surface area contributed by atoms with Gasteiger partial charge in [-0.25, -0.2) is 0 Å². The maximum absolute atomic E-state index is 11.4. The first-order chi connectivity index (χ1) is 63.2. The Balaban J connectivity index is 0.0000127. The Morgan fingerprint density at radius 1 is 0.472 bits per heavy atom. The van der Waals surface area contributed by atoms with Crippen LogP contribution in [0.4, 0.5) is 0 Å². The topological polar surface area (TPSA) is 49.0 Å². The zero-order valence-corrected chi connectivity index (χ0v) is 63.6. The second kappa shape index (κ2) is 27.4. The molecule has 0 saturated heterocycles. The Morgan fingerprint density at radius 3 is 1.64 bits per heavy atom. The molecule has 530 valence electrons. The molecular formula is C100H82N4O2PtSi-2. The van der Waals surface area contributed by atoms with Gasteiger partial charge in [0, 0.05) is 49.2 Å². The van der Waals surface area contributed by atoms with Crippen LogP contribution in [0, 0.1) is 18.5 Å². The minimum absolute atomic E-state index is 0. The van der Waals surface area contributed by atoms with Gasteiger partial charge >= 0.3 is 0 Å². The van der Waals surface area contributed by atoms with Crippen molar-refractivity contribution in [1.82, 2.24) is 14.1 Å². The van der Waals surface area contributed by atoms with E-state index in [1.807, 2.05) is 60.7 Å². The molecule has 0 atom stereocenters. The first-order valence-electron chi connectivity index (χ1n) is 48.8. The second-order valence-corrected chi connectivity index (χ2v) is 32.9. The van der Waals surface area contributed by atoms with E-state index >= 15 is 0 Å². The van der Waals surface area contributed by atoms with Crippen molar-refractivity contribution in [3.05, 3.63) is 343 Å². The largest absolute Gasteiger partial charge is 0.519 e. The van der Waals surface area contributed by atoms with Crippen molar-refractivity contribution in [3.8, 4) is 95.6 Å². The molecule has 0 aliphatic carbocycles. The van der Waals surface area contributed by atoms with Crippen LogP contribution < -0.4 is 30.1 Å². The van der Waals surface area contributed by atoms with Gasteiger partial charge in [0.2, 0.25) is 0 Å². The molecule has 1 aliphatic rings. The number of hydrogen-bond donors (Lipinski definition) is 0. The van der Waals surface area contributed by atoms with Gasteiger partial charge in [-0.05, 0) is 152 Å². The van der Waals surface area contributed by atoms with Crippen LogP contribution in [0.15, 0.2) is 307 Å². The van der Waals surface area contributed by atoms with Crippen LogP contribution in [0.1, 0.15) is 140 Å². The molecule has 18 rings (SSSR count). The summed E-state index contributed by atoms with van der Waals surface area (Å²) in [5.74, 6) is 0.834. The van der Waals surface area contributed by atoms with Crippen molar-refractivity contribution in [1.29, 1.82) is 0 Å². The number of fused-ring (bicyclic) bond motifs is 11. The fraction of sp³-hybridized carbons (Fsp3) is 0.140. The number of nitrogens with zero attached hydrogens (tertiary/aromatic N) is 4. The van der Waals surface area contributed by atoms with E-state index in [0.717, 1.165) is 39.0 Å². The number of furan rings is 1. The van der Waals surface area contributed by atoms with E-state index in [4.69, 9.17) is 18.3 Å². The van der Waals surface area contributed by atoms with Crippen LogP contribution in [0.5, 0.6) is 11.5 Å². The normalized spacial score (nSPS) is 15.8. The van der Waals surface area contributed by atoms with Crippen LogP contribution in [0.2, 0.25) is 0 Å². The Hall–Kier alpha value is -11.5. The minimum atomic E-state index is -6.60. The number of benzene rings is 14. The number of imidazole rings is 2. The number of rotatable bonds is 13. The van der Waals surface area contributed by atoms with E-state index < -0.39 is 231 Å². The average molecular weight is 1620 g/mol. The van der Waals surface area contributed by atoms with Crippen molar-refractivity contribution in [2.75, 3.05) is 0 Å².